The fourth-order valence-electron chi connectivity index (χ4n) is 3.74. The molecule has 0 saturated carbocycles. The Kier molecular flexibility index (Phi) is 9.78. The lowest BCUT2D eigenvalue weighted by Gasteiger charge is -2.22. The predicted octanol–water partition coefficient (Wildman–Crippen LogP) is 4.30. The molecule has 208 valence electrons. The maximum Gasteiger partial charge on any atom is 0.265 e. The van der Waals surface area contributed by atoms with Gasteiger partial charge in [0, 0.05) is 11.4 Å². The second-order valence-electron chi connectivity index (χ2n) is 8.81. The van der Waals surface area contributed by atoms with Crippen molar-refractivity contribution in [2.45, 2.75) is 31.7 Å². The molecule has 0 aromatic heterocycles. The number of amides is 2. The lowest BCUT2D eigenvalue weighted by atomic mass is 10.0. The smallest absolute Gasteiger partial charge is 0.265 e. The van der Waals surface area contributed by atoms with Crippen LogP contribution in [-0.2, 0) is 14.8 Å². The Bertz CT molecular complexity index is 1410. The number of nitrogens with one attached hydrogen (secondary N) is 3. The van der Waals surface area contributed by atoms with Gasteiger partial charge in [-0.15, -0.1) is 0 Å². The molecule has 0 bridgehead atoms. The maximum absolute atomic E-state index is 13.2. The van der Waals surface area contributed by atoms with Gasteiger partial charge in [-0.3, -0.25) is 14.3 Å². The minimum atomic E-state index is -4.09. The van der Waals surface area contributed by atoms with Crippen molar-refractivity contribution in [2.24, 2.45) is 5.92 Å². The minimum absolute atomic E-state index is 0.0928. The highest BCUT2D eigenvalue weighted by molar-refractivity contribution is 7.92. The molecule has 0 aliphatic heterocycles. The highest BCUT2D eigenvalue weighted by Crippen LogP contribution is 2.29. The van der Waals surface area contributed by atoms with Crippen LogP contribution < -0.4 is 29.6 Å². The third-order valence-electron chi connectivity index (χ3n) is 5.73. The Balaban J connectivity index is 1.82. The van der Waals surface area contributed by atoms with Crippen molar-refractivity contribution in [3.8, 4) is 17.2 Å². The fraction of sp³-hybridized carbons (Fsp3) is 0.286. The summed E-state index contributed by atoms with van der Waals surface area (Å²) < 4.78 is 44.8. The number of ether oxygens (including phenoxy) is 3. The second kappa shape index (κ2) is 13.0. The van der Waals surface area contributed by atoms with Crippen molar-refractivity contribution in [3.05, 3.63) is 72.3 Å². The first-order valence-electron chi connectivity index (χ1n) is 12.3. The van der Waals surface area contributed by atoms with E-state index in [1.807, 2.05) is 6.92 Å². The third kappa shape index (κ3) is 7.41. The molecule has 10 nitrogen and oxygen atoms in total. The maximum atomic E-state index is 13.2. The van der Waals surface area contributed by atoms with Gasteiger partial charge in [-0.25, -0.2) is 8.42 Å². The number of rotatable bonds is 12. The van der Waals surface area contributed by atoms with E-state index in [-0.39, 0.29) is 22.3 Å². The third-order valence-corrected chi connectivity index (χ3v) is 7.13. The molecule has 0 aliphatic rings. The number of carbonyl (C=O) groups excluding carboxylic acids is 2. The lowest BCUT2D eigenvalue weighted by Crippen LogP contribution is -2.47. The Morgan fingerprint density at radius 2 is 1.54 bits per heavy atom. The zero-order valence-corrected chi connectivity index (χ0v) is 23.3. The Morgan fingerprint density at radius 1 is 0.872 bits per heavy atom. The van der Waals surface area contributed by atoms with Crippen LogP contribution in [-0.4, -0.2) is 47.1 Å². The van der Waals surface area contributed by atoms with E-state index in [1.165, 1.54) is 32.4 Å². The van der Waals surface area contributed by atoms with Gasteiger partial charge < -0.3 is 24.8 Å². The van der Waals surface area contributed by atoms with Crippen LogP contribution in [0.3, 0.4) is 0 Å². The average Bonchev–Trinajstić information content (AvgIpc) is 2.92. The zero-order valence-electron chi connectivity index (χ0n) is 22.5. The molecule has 0 fully saturated rings. The first kappa shape index (κ1) is 29.3. The van der Waals surface area contributed by atoms with Gasteiger partial charge in [-0.05, 0) is 67.4 Å². The van der Waals surface area contributed by atoms with Crippen molar-refractivity contribution < 1.29 is 32.2 Å². The lowest BCUT2D eigenvalue weighted by molar-refractivity contribution is -0.118. The monoisotopic (exact) mass is 555 g/mol. The van der Waals surface area contributed by atoms with Crippen molar-refractivity contribution in [2.75, 3.05) is 30.9 Å². The quantitative estimate of drug-likeness (QED) is 0.304. The molecule has 3 N–H and O–H groups in total. The predicted molar refractivity (Wildman–Crippen MR) is 149 cm³/mol. The van der Waals surface area contributed by atoms with Crippen LogP contribution in [0.4, 0.5) is 11.4 Å². The van der Waals surface area contributed by atoms with E-state index in [0.29, 0.717) is 29.4 Å². The van der Waals surface area contributed by atoms with E-state index in [4.69, 9.17) is 14.2 Å². The summed E-state index contributed by atoms with van der Waals surface area (Å²) in [7, 11) is -1.22. The summed E-state index contributed by atoms with van der Waals surface area (Å²) in [4.78, 5) is 26.1. The molecule has 11 heteroatoms. The highest BCUT2D eigenvalue weighted by Gasteiger charge is 2.27. The van der Waals surface area contributed by atoms with Crippen LogP contribution in [0, 0.1) is 5.92 Å². The van der Waals surface area contributed by atoms with Gasteiger partial charge in [0.05, 0.1) is 26.4 Å². The number of benzene rings is 3. The molecular formula is C28H33N3O7S. The van der Waals surface area contributed by atoms with Crippen LogP contribution in [0.15, 0.2) is 71.6 Å². The fourth-order valence-corrected chi connectivity index (χ4v) is 5.00. The summed E-state index contributed by atoms with van der Waals surface area (Å²) in [6.07, 6.45) is 0. The molecule has 0 spiro atoms. The molecule has 3 rings (SSSR count). The summed E-state index contributed by atoms with van der Waals surface area (Å²) in [5, 5.41) is 5.48. The van der Waals surface area contributed by atoms with Crippen LogP contribution >= 0.6 is 0 Å². The average molecular weight is 556 g/mol. The van der Waals surface area contributed by atoms with Gasteiger partial charge in [-0.1, -0.05) is 26.0 Å². The highest BCUT2D eigenvalue weighted by atomic mass is 32.2. The second-order valence-corrected chi connectivity index (χ2v) is 10.5. The van der Waals surface area contributed by atoms with E-state index in [1.54, 1.807) is 62.4 Å². The first-order valence-corrected chi connectivity index (χ1v) is 13.8. The summed E-state index contributed by atoms with van der Waals surface area (Å²) in [5.74, 6) is -0.164. The number of hydrogen-bond acceptors (Lipinski definition) is 7. The molecule has 0 aliphatic carbocycles. The molecule has 0 heterocycles. The molecule has 0 saturated heterocycles. The van der Waals surface area contributed by atoms with E-state index >= 15 is 0 Å². The molecule has 0 unspecified atom stereocenters. The number of sulfonamides is 1. The Hall–Kier alpha value is -4.25. The van der Waals surface area contributed by atoms with Crippen molar-refractivity contribution in [1.29, 1.82) is 0 Å². The summed E-state index contributed by atoms with van der Waals surface area (Å²) in [6.45, 7) is 5.78. The van der Waals surface area contributed by atoms with Crippen LogP contribution in [0.5, 0.6) is 17.2 Å². The first-order chi connectivity index (χ1) is 18.6. The van der Waals surface area contributed by atoms with Gasteiger partial charge in [-0.2, -0.15) is 0 Å². The minimum Gasteiger partial charge on any atom is -0.497 e. The number of para-hydroxylation sites is 1. The largest absolute Gasteiger partial charge is 0.497 e. The molecule has 39 heavy (non-hydrogen) atoms. The number of hydrogen-bond donors (Lipinski definition) is 3. The van der Waals surface area contributed by atoms with Gasteiger partial charge in [0.2, 0.25) is 5.91 Å². The number of carbonyl (C=O) groups is 2. The van der Waals surface area contributed by atoms with Gasteiger partial charge in [0.25, 0.3) is 15.9 Å². The van der Waals surface area contributed by atoms with Crippen molar-refractivity contribution in [3.63, 3.8) is 0 Å². The van der Waals surface area contributed by atoms with Crippen LogP contribution in [0.1, 0.15) is 31.1 Å². The van der Waals surface area contributed by atoms with Crippen molar-refractivity contribution >= 4 is 33.2 Å². The summed E-state index contributed by atoms with van der Waals surface area (Å²) in [5.41, 5.74) is 0.841. The van der Waals surface area contributed by atoms with E-state index < -0.39 is 27.9 Å². The van der Waals surface area contributed by atoms with E-state index in [9.17, 15) is 18.0 Å². The van der Waals surface area contributed by atoms with Gasteiger partial charge >= 0.3 is 0 Å². The molecule has 3 aromatic carbocycles. The molecule has 0 radical (unpaired) electrons. The summed E-state index contributed by atoms with van der Waals surface area (Å²) >= 11 is 0. The zero-order chi connectivity index (χ0) is 28.6. The molecule has 3 aromatic rings. The SMILES string of the molecule is CCOc1ccccc1C(=O)N[C@@H](C(=O)Nc1ccc(OC)c(S(=O)(=O)Nc2ccc(OC)cc2)c1)C(C)C. The number of anilines is 2. The van der Waals surface area contributed by atoms with E-state index in [0.717, 1.165) is 0 Å². The van der Waals surface area contributed by atoms with Gasteiger partial charge in [0.15, 0.2) is 0 Å². The molecule has 1 atom stereocenters. The van der Waals surface area contributed by atoms with Crippen molar-refractivity contribution in [1.82, 2.24) is 5.32 Å². The molecular weight excluding hydrogens is 522 g/mol. The normalized spacial score (nSPS) is 11.8. The Labute approximate surface area is 228 Å². The Morgan fingerprint density at radius 3 is 2.15 bits per heavy atom. The van der Waals surface area contributed by atoms with Crippen LogP contribution in [0.25, 0.3) is 0 Å². The van der Waals surface area contributed by atoms with E-state index in [2.05, 4.69) is 15.4 Å². The number of methoxy groups -OCH3 is 2. The van der Waals surface area contributed by atoms with Gasteiger partial charge in [0.1, 0.15) is 28.2 Å². The standard InChI is InChI=1S/C28H33N3O7S/c1-6-38-23-10-8-7-9-22(23)27(32)30-26(18(2)3)28(33)29-20-13-16-24(37-5)25(17-20)39(34,35)31-19-11-14-21(36-4)15-12-19/h7-18,26,31H,6H2,1-5H3,(H,29,33)(H,30,32)/t26-/m1/s1. The summed E-state index contributed by atoms with van der Waals surface area (Å²) in [6, 6.07) is 16.5. The topological polar surface area (TPSA) is 132 Å². The van der Waals surface area contributed by atoms with Crippen LogP contribution in [0.2, 0.25) is 0 Å². The molecule has 2 amide bonds.